The summed E-state index contributed by atoms with van der Waals surface area (Å²) in [5.74, 6) is 1.97. The van der Waals surface area contributed by atoms with Crippen LogP contribution in [-0.2, 0) is 0 Å². The van der Waals surface area contributed by atoms with Gasteiger partial charge in [-0.3, -0.25) is 0 Å². The van der Waals surface area contributed by atoms with E-state index in [1.807, 2.05) is 60.7 Å². The van der Waals surface area contributed by atoms with Gasteiger partial charge in [0.25, 0.3) is 0 Å². The summed E-state index contributed by atoms with van der Waals surface area (Å²) in [6.07, 6.45) is 0. The van der Waals surface area contributed by atoms with Gasteiger partial charge in [0.1, 0.15) is 5.58 Å². The lowest BCUT2D eigenvalue weighted by atomic mass is 10.00. The Labute approximate surface area is 330 Å². The van der Waals surface area contributed by atoms with Gasteiger partial charge in [0.15, 0.2) is 23.1 Å². The molecule has 0 unspecified atom stereocenters. The van der Waals surface area contributed by atoms with Crippen LogP contribution in [-0.4, -0.2) is 19.5 Å². The number of hydrogen-bond donors (Lipinski definition) is 0. The van der Waals surface area contributed by atoms with Gasteiger partial charge < -0.3 is 8.98 Å². The Balaban J connectivity index is 0.986. The van der Waals surface area contributed by atoms with Crippen LogP contribution in [0, 0.1) is 0 Å². The van der Waals surface area contributed by atoms with Gasteiger partial charge >= 0.3 is 0 Å². The zero-order valence-corrected chi connectivity index (χ0v) is 31.2. The first-order valence-electron chi connectivity index (χ1n) is 19.0. The molecule has 4 aromatic heterocycles. The molecule has 0 radical (unpaired) electrons. The molecular weight excluding hydrogens is 717 g/mol. The number of nitrogens with zero attached hydrogens (tertiary/aromatic N) is 4. The van der Waals surface area contributed by atoms with E-state index in [0.29, 0.717) is 17.5 Å². The number of aromatic nitrogens is 4. The average Bonchev–Trinajstić information content (AvgIpc) is 3.96. The first-order chi connectivity index (χ1) is 28.2. The van der Waals surface area contributed by atoms with Crippen molar-refractivity contribution in [3.63, 3.8) is 0 Å². The van der Waals surface area contributed by atoms with Gasteiger partial charge in [-0.1, -0.05) is 140 Å². The van der Waals surface area contributed by atoms with Crippen LogP contribution in [0.15, 0.2) is 186 Å². The lowest BCUT2D eigenvalue weighted by molar-refractivity contribution is 0.666. The van der Waals surface area contributed by atoms with E-state index in [4.69, 9.17) is 19.4 Å². The number of hydrogen-bond acceptors (Lipinski definition) is 5. The van der Waals surface area contributed by atoms with Gasteiger partial charge in [-0.05, 0) is 53.6 Å². The van der Waals surface area contributed by atoms with Crippen molar-refractivity contribution in [2.24, 2.45) is 0 Å². The van der Waals surface area contributed by atoms with Gasteiger partial charge in [-0.15, -0.1) is 11.3 Å². The molecule has 4 heterocycles. The van der Waals surface area contributed by atoms with E-state index < -0.39 is 0 Å². The minimum absolute atomic E-state index is 0.655. The van der Waals surface area contributed by atoms with Crippen molar-refractivity contribution in [2.75, 3.05) is 0 Å². The van der Waals surface area contributed by atoms with E-state index in [0.717, 1.165) is 71.9 Å². The summed E-state index contributed by atoms with van der Waals surface area (Å²) in [6.45, 7) is 0. The molecule has 8 aromatic carbocycles. The number of furan rings is 1. The Hall–Kier alpha value is -7.41. The van der Waals surface area contributed by atoms with Crippen LogP contribution in [0.3, 0.4) is 0 Å². The maximum absolute atomic E-state index is 6.70. The van der Waals surface area contributed by atoms with Crippen molar-refractivity contribution in [1.82, 2.24) is 19.5 Å². The molecule has 0 aliphatic carbocycles. The maximum Gasteiger partial charge on any atom is 0.164 e. The smallest absolute Gasteiger partial charge is 0.164 e. The molecule has 0 N–H and O–H groups in total. The van der Waals surface area contributed by atoms with E-state index in [1.165, 1.54) is 25.6 Å². The first-order valence-corrected chi connectivity index (χ1v) is 19.8. The second-order valence-electron chi connectivity index (χ2n) is 14.4. The lowest BCUT2D eigenvalue weighted by Crippen LogP contribution is -2.00. The summed E-state index contributed by atoms with van der Waals surface area (Å²) in [5.41, 5.74) is 10.3. The van der Waals surface area contributed by atoms with Crippen molar-refractivity contribution < 1.29 is 4.42 Å². The summed E-state index contributed by atoms with van der Waals surface area (Å²) in [7, 11) is 0. The Morgan fingerprint density at radius 1 is 0.404 bits per heavy atom. The fourth-order valence-electron chi connectivity index (χ4n) is 8.44. The normalized spacial score (nSPS) is 11.9. The molecule has 0 atom stereocenters. The lowest BCUT2D eigenvalue weighted by Gasteiger charge is -2.09. The highest BCUT2D eigenvalue weighted by Crippen LogP contribution is 2.43. The van der Waals surface area contributed by atoms with Crippen molar-refractivity contribution >= 4 is 75.3 Å². The average molecular weight is 747 g/mol. The van der Waals surface area contributed by atoms with Crippen molar-refractivity contribution in [3.05, 3.63) is 182 Å². The molecule has 5 nitrogen and oxygen atoms in total. The minimum Gasteiger partial charge on any atom is -0.454 e. The monoisotopic (exact) mass is 746 g/mol. The second kappa shape index (κ2) is 12.6. The Morgan fingerprint density at radius 2 is 1.00 bits per heavy atom. The van der Waals surface area contributed by atoms with Crippen molar-refractivity contribution in [1.29, 1.82) is 0 Å². The van der Waals surface area contributed by atoms with Crippen LogP contribution in [0.4, 0.5) is 0 Å². The Kier molecular flexibility index (Phi) is 7.03. The van der Waals surface area contributed by atoms with Crippen LogP contribution in [0.5, 0.6) is 0 Å². The minimum atomic E-state index is 0.655. The zero-order valence-electron chi connectivity index (χ0n) is 30.4. The summed E-state index contributed by atoms with van der Waals surface area (Å²) < 4.78 is 11.4. The largest absolute Gasteiger partial charge is 0.454 e. The summed E-state index contributed by atoms with van der Waals surface area (Å²) in [5, 5.41) is 7.00. The SMILES string of the molecule is c1ccc(-c2nc(-c3ccccc3)nc(-c3cccc4sc5cc(-c6ccc7oc8c(-n9c%10ccccc%10c%10ccccc%109)cccc8c7c6)ccc5c34)n2)cc1. The molecule has 0 aliphatic rings. The predicted molar refractivity (Wildman–Crippen MR) is 236 cm³/mol. The highest BCUT2D eigenvalue weighted by atomic mass is 32.1. The van der Waals surface area contributed by atoms with E-state index in [1.54, 1.807) is 11.3 Å². The summed E-state index contributed by atoms with van der Waals surface area (Å²) >= 11 is 1.80. The number of thiophene rings is 1. The maximum atomic E-state index is 6.70. The highest BCUT2D eigenvalue weighted by molar-refractivity contribution is 7.26. The van der Waals surface area contributed by atoms with Gasteiger partial charge in [0.2, 0.25) is 0 Å². The van der Waals surface area contributed by atoms with E-state index in [-0.39, 0.29) is 0 Å². The Morgan fingerprint density at radius 3 is 1.72 bits per heavy atom. The van der Waals surface area contributed by atoms with Crippen molar-refractivity contribution in [3.8, 4) is 51.0 Å². The molecule has 0 saturated heterocycles. The molecule has 0 saturated carbocycles. The van der Waals surface area contributed by atoms with Gasteiger partial charge in [-0.25, -0.2) is 15.0 Å². The molecule has 0 amide bonds. The van der Waals surface area contributed by atoms with E-state index in [9.17, 15) is 0 Å². The molecule has 0 spiro atoms. The van der Waals surface area contributed by atoms with Crippen molar-refractivity contribution in [2.45, 2.75) is 0 Å². The van der Waals surface area contributed by atoms with E-state index in [2.05, 4.69) is 126 Å². The molecule has 6 heteroatoms. The van der Waals surface area contributed by atoms with Crippen LogP contribution in [0.1, 0.15) is 0 Å². The summed E-state index contributed by atoms with van der Waals surface area (Å²) in [4.78, 5) is 15.1. The fraction of sp³-hybridized carbons (Fsp3) is 0. The number of para-hydroxylation sites is 3. The molecule has 266 valence electrons. The molecule has 12 aromatic rings. The second-order valence-corrected chi connectivity index (χ2v) is 15.5. The van der Waals surface area contributed by atoms with E-state index >= 15 is 0 Å². The van der Waals surface area contributed by atoms with Crippen LogP contribution < -0.4 is 0 Å². The molecular formula is C51H30N4OS. The van der Waals surface area contributed by atoms with Crippen LogP contribution >= 0.6 is 11.3 Å². The van der Waals surface area contributed by atoms with Gasteiger partial charge in [0, 0.05) is 58.4 Å². The number of fused-ring (bicyclic) bond motifs is 9. The highest BCUT2D eigenvalue weighted by Gasteiger charge is 2.20. The third kappa shape index (κ3) is 5.04. The van der Waals surface area contributed by atoms with Gasteiger partial charge in [-0.2, -0.15) is 0 Å². The summed E-state index contributed by atoms with van der Waals surface area (Å²) in [6, 6.07) is 63.7. The zero-order chi connectivity index (χ0) is 37.5. The molecule has 57 heavy (non-hydrogen) atoms. The molecule has 0 bridgehead atoms. The topological polar surface area (TPSA) is 56.7 Å². The predicted octanol–water partition coefficient (Wildman–Crippen LogP) is 13.9. The standard InChI is InChI=1S/C51H30N4OS/c1-3-13-31(14-4-1)49-52-50(32-15-5-2-6-16-32)54-51(53-49)39-20-12-24-45-47(39)38-27-25-34(30-46(38)57-45)33-26-28-44-40(29-33)37-19-11-23-43(48(37)56-44)55-41-21-9-7-17-35(41)36-18-8-10-22-42(36)55/h1-30H. The number of rotatable bonds is 5. The quantitative estimate of drug-likeness (QED) is 0.176. The molecule has 12 rings (SSSR count). The molecule has 0 aliphatic heterocycles. The number of benzene rings is 8. The van der Waals surface area contributed by atoms with Crippen LogP contribution in [0.25, 0.3) is 115 Å². The third-order valence-corrected chi connectivity index (χ3v) is 12.2. The Bertz CT molecular complexity index is 3420. The fourth-order valence-corrected chi connectivity index (χ4v) is 9.61. The van der Waals surface area contributed by atoms with Gasteiger partial charge in [0.05, 0.1) is 16.7 Å². The third-order valence-electron chi connectivity index (χ3n) is 11.1. The first kappa shape index (κ1) is 31.9. The molecule has 0 fully saturated rings. The van der Waals surface area contributed by atoms with Crippen LogP contribution in [0.2, 0.25) is 0 Å².